The van der Waals surface area contributed by atoms with Gasteiger partial charge in [-0.25, -0.2) is 0 Å². The van der Waals surface area contributed by atoms with E-state index in [9.17, 15) is 0 Å². The maximum Gasteiger partial charge on any atom is 0.159 e. The van der Waals surface area contributed by atoms with Crippen LogP contribution >= 0.6 is 0 Å². The minimum absolute atomic E-state index is 0.829. The highest BCUT2D eigenvalue weighted by atomic mass is 16.3. The van der Waals surface area contributed by atoms with E-state index in [-0.39, 0.29) is 0 Å². The Hall–Kier alpha value is -5.80. The molecule has 5 aromatic carbocycles. The van der Waals surface area contributed by atoms with Crippen molar-refractivity contribution in [1.29, 1.82) is 0 Å². The van der Waals surface area contributed by atoms with E-state index in [1.807, 2.05) is 32.1 Å². The Bertz CT molecular complexity index is 2540. The number of aromatic nitrogens is 1. The molecule has 0 fully saturated rings. The second-order valence-electron chi connectivity index (χ2n) is 11.3. The van der Waals surface area contributed by atoms with Crippen molar-refractivity contribution in [2.75, 3.05) is 0 Å². The van der Waals surface area contributed by atoms with Crippen LogP contribution in [-0.2, 0) is 0 Å². The van der Waals surface area contributed by atoms with Gasteiger partial charge in [0.15, 0.2) is 5.58 Å². The summed E-state index contributed by atoms with van der Waals surface area (Å²) in [5.74, 6) is 0. The van der Waals surface area contributed by atoms with E-state index < -0.39 is 0 Å². The van der Waals surface area contributed by atoms with E-state index in [0.29, 0.717) is 0 Å². The van der Waals surface area contributed by atoms with Gasteiger partial charge in [-0.2, -0.15) is 0 Å². The van der Waals surface area contributed by atoms with Crippen LogP contribution < -0.4 is 0 Å². The quantitative estimate of drug-likeness (QED) is 0.196. The number of hydrogen-bond donors (Lipinski definition) is 0. The summed E-state index contributed by atoms with van der Waals surface area (Å²) in [6.07, 6.45) is 12.2. The van der Waals surface area contributed by atoms with Gasteiger partial charge in [0.25, 0.3) is 0 Å². The molecule has 0 N–H and O–H groups in total. The highest BCUT2D eigenvalue weighted by molar-refractivity contribution is 6.17. The highest BCUT2D eigenvalue weighted by Crippen LogP contribution is 2.42. The molecule has 0 spiro atoms. The second kappa shape index (κ2) is 10.4. The Morgan fingerprint density at radius 3 is 2.02 bits per heavy atom. The van der Waals surface area contributed by atoms with Crippen molar-refractivity contribution in [2.45, 2.75) is 13.8 Å². The van der Waals surface area contributed by atoms with Gasteiger partial charge in [-0.3, -0.25) is 0 Å². The number of furan rings is 2. The van der Waals surface area contributed by atoms with Crippen LogP contribution in [0.2, 0.25) is 0 Å². The number of para-hydroxylation sites is 3. The highest BCUT2D eigenvalue weighted by Gasteiger charge is 2.21. The molecule has 3 heteroatoms. The zero-order valence-corrected chi connectivity index (χ0v) is 25.3. The number of hydrogen-bond acceptors (Lipinski definition) is 2. The molecule has 0 aliphatic rings. The molecule has 216 valence electrons. The normalized spacial score (nSPS) is 12.2. The lowest BCUT2D eigenvalue weighted by atomic mass is 9.97. The Morgan fingerprint density at radius 2 is 1.29 bits per heavy atom. The average molecular weight is 582 g/mol. The molecule has 8 rings (SSSR count). The molecular formula is C42H31NO2. The number of nitrogens with zero attached hydrogens (tertiary/aromatic N) is 1. The fourth-order valence-electron chi connectivity index (χ4n) is 6.81. The molecule has 45 heavy (non-hydrogen) atoms. The largest absolute Gasteiger partial charge is 0.455 e. The molecule has 3 heterocycles. The van der Waals surface area contributed by atoms with Crippen LogP contribution in [0.5, 0.6) is 0 Å². The molecule has 0 amide bonds. The van der Waals surface area contributed by atoms with E-state index in [2.05, 4.69) is 127 Å². The first kappa shape index (κ1) is 26.8. The molecule has 0 saturated carbocycles. The SMILES string of the molecule is C=Cc1cc(-c2cccc3c2oc2cc4c(cc23)oc2c(-n3c(/C=C\C)c(C=C)c5ccccc53)cccc24)ccc1/C=C\C. The van der Waals surface area contributed by atoms with Crippen LogP contribution in [0.1, 0.15) is 36.2 Å². The third-order valence-corrected chi connectivity index (χ3v) is 8.78. The molecule has 0 aliphatic heterocycles. The monoisotopic (exact) mass is 581 g/mol. The zero-order chi connectivity index (χ0) is 30.7. The summed E-state index contributed by atoms with van der Waals surface area (Å²) in [5.41, 5.74) is 12.0. The van der Waals surface area contributed by atoms with Gasteiger partial charge >= 0.3 is 0 Å². The molecule has 0 atom stereocenters. The van der Waals surface area contributed by atoms with E-state index >= 15 is 0 Å². The predicted molar refractivity (Wildman–Crippen MR) is 193 cm³/mol. The lowest BCUT2D eigenvalue weighted by Crippen LogP contribution is -1.97. The summed E-state index contributed by atoms with van der Waals surface area (Å²) in [6, 6.07) is 31.9. The van der Waals surface area contributed by atoms with Crippen molar-refractivity contribution in [1.82, 2.24) is 4.57 Å². The summed E-state index contributed by atoms with van der Waals surface area (Å²) < 4.78 is 15.7. The van der Waals surface area contributed by atoms with Gasteiger partial charge in [0.1, 0.15) is 16.7 Å². The van der Waals surface area contributed by atoms with Crippen molar-refractivity contribution in [3.8, 4) is 16.8 Å². The smallest absolute Gasteiger partial charge is 0.159 e. The number of fused-ring (bicyclic) bond motifs is 7. The molecule has 3 aromatic heterocycles. The molecule has 0 saturated heterocycles. The van der Waals surface area contributed by atoms with Gasteiger partial charge in [0.2, 0.25) is 0 Å². The lowest BCUT2D eigenvalue weighted by molar-refractivity contribution is 0.662. The van der Waals surface area contributed by atoms with Crippen LogP contribution in [0.25, 0.3) is 95.9 Å². The summed E-state index contributed by atoms with van der Waals surface area (Å²) in [4.78, 5) is 0. The average Bonchev–Trinajstić information content (AvgIpc) is 3.72. The lowest BCUT2D eigenvalue weighted by Gasteiger charge is -2.10. The van der Waals surface area contributed by atoms with Crippen molar-refractivity contribution in [3.05, 3.63) is 139 Å². The minimum atomic E-state index is 0.829. The molecule has 0 unspecified atom stereocenters. The predicted octanol–water partition coefficient (Wildman–Crippen LogP) is 12.4. The van der Waals surface area contributed by atoms with E-state index in [4.69, 9.17) is 8.83 Å². The van der Waals surface area contributed by atoms with Gasteiger partial charge in [-0.15, -0.1) is 0 Å². The third kappa shape index (κ3) is 3.98. The minimum Gasteiger partial charge on any atom is -0.455 e. The topological polar surface area (TPSA) is 31.2 Å². The first-order chi connectivity index (χ1) is 22.1. The van der Waals surface area contributed by atoms with Crippen LogP contribution in [-0.4, -0.2) is 4.57 Å². The molecular weight excluding hydrogens is 550 g/mol. The van der Waals surface area contributed by atoms with Gasteiger partial charge in [-0.1, -0.05) is 104 Å². The summed E-state index contributed by atoms with van der Waals surface area (Å²) >= 11 is 0. The Labute approximate surface area is 261 Å². The number of rotatable bonds is 6. The van der Waals surface area contributed by atoms with Gasteiger partial charge in [0.05, 0.1) is 16.9 Å². The maximum atomic E-state index is 6.74. The molecule has 0 radical (unpaired) electrons. The van der Waals surface area contributed by atoms with Gasteiger partial charge in [-0.05, 0) is 66.9 Å². The number of benzene rings is 5. The van der Waals surface area contributed by atoms with Crippen LogP contribution in [0.4, 0.5) is 0 Å². The second-order valence-corrected chi connectivity index (χ2v) is 11.3. The van der Waals surface area contributed by atoms with Crippen molar-refractivity contribution in [3.63, 3.8) is 0 Å². The first-order valence-electron chi connectivity index (χ1n) is 15.2. The van der Waals surface area contributed by atoms with Gasteiger partial charge in [0, 0.05) is 38.1 Å². The van der Waals surface area contributed by atoms with Crippen LogP contribution in [0.15, 0.2) is 125 Å². The van der Waals surface area contributed by atoms with E-state index in [1.54, 1.807) is 0 Å². The summed E-state index contributed by atoms with van der Waals surface area (Å²) in [6.45, 7) is 12.2. The molecule has 0 aliphatic carbocycles. The van der Waals surface area contributed by atoms with Crippen molar-refractivity contribution in [2.24, 2.45) is 0 Å². The molecule has 3 nitrogen and oxygen atoms in total. The third-order valence-electron chi connectivity index (χ3n) is 8.78. The Kier molecular flexibility index (Phi) is 6.21. The summed E-state index contributed by atoms with van der Waals surface area (Å²) in [7, 11) is 0. The first-order valence-corrected chi connectivity index (χ1v) is 15.2. The number of allylic oxidation sites excluding steroid dienone is 2. The van der Waals surface area contributed by atoms with E-state index in [1.165, 1.54) is 0 Å². The Morgan fingerprint density at radius 1 is 0.600 bits per heavy atom. The standard InChI is InChI=1S/C42H31NO2/c1-5-13-27-21-22-28(23-26(27)7-3)30-16-11-17-32-34-24-40-35(25-39(34)44-41(30)32)33-18-12-20-38(42(33)45-40)43-36(14-6-2)29(8-4)31-15-9-10-19-37(31)43/h5-25H,3-4H2,1-2H3/b13-5-,14-6-. The van der Waals surface area contributed by atoms with Crippen LogP contribution in [0, 0.1) is 0 Å². The van der Waals surface area contributed by atoms with Crippen LogP contribution in [0.3, 0.4) is 0 Å². The summed E-state index contributed by atoms with van der Waals surface area (Å²) in [5, 5.41) is 5.32. The molecule has 8 aromatic rings. The fraction of sp³-hybridized carbons (Fsp3) is 0.0476. The van der Waals surface area contributed by atoms with Crippen molar-refractivity contribution >= 4 is 79.1 Å². The Balaban J connectivity index is 1.36. The fourth-order valence-corrected chi connectivity index (χ4v) is 6.81. The zero-order valence-electron chi connectivity index (χ0n) is 25.3. The molecule has 0 bridgehead atoms. The van der Waals surface area contributed by atoms with E-state index in [0.717, 1.165) is 94.0 Å². The van der Waals surface area contributed by atoms with Gasteiger partial charge < -0.3 is 13.4 Å². The van der Waals surface area contributed by atoms with Crippen molar-refractivity contribution < 1.29 is 8.83 Å². The maximum absolute atomic E-state index is 6.74.